The van der Waals surface area contributed by atoms with Gasteiger partial charge in [-0.15, -0.1) is 11.8 Å². The molecular weight excluding hydrogens is 376 g/mol. The van der Waals surface area contributed by atoms with Crippen LogP contribution in [0.4, 0.5) is 0 Å². The number of hydrogen-bond donors (Lipinski definition) is 3. The number of primary sulfonamides is 1. The molecule has 1 aliphatic heterocycles. The van der Waals surface area contributed by atoms with Crippen molar-refractivity contribution in [3.63, 3.8) is 0 Å². The molecule has 0 aromatic heterocycles. The van der Waals surface area contributed by atoms with Crippen molar-refractivity contribution in [1.82, 2.24) is 10.6 Å². The van der Waals surface area contributed by atoms with E-state index in [1.54, 1.807) is 24.3 Å². The molecule has 4 N–H and O–H groups in total. The predicted octanol–water partition coefficient (Wildman–Crippen LogP) is 0.814. The second-order valence-electron chi connectivity index (χ2n) is 6.20. The number of nitro groups is 1. The molecule has 10 heteroatoms. The zero-order valence-electron chi connectivity index (χ0n) is 13.9. The van der Waals surface area contributed by atoms with E-state index in [0.29, 0.717) is 6.54 Å². The van der Waals surface area contributed by atoms with Gasteiger partial charge in [-0.1, -0.05) is 24.3 Å². The van der Waals surface area contributed by atoms with Crippen LogP contribution in [0.25, 0.3) is 0 Å². The van der Waals surface area contributed by atoms with Crippen LogP contribution in [-0.4, -0.2) is 43.4 Å². The summed E-state index contributed by atoms with van der Waals surface area (Å²) in [7, 11) is -4.10. The van der Waals surface area contributed by atoms with Gasteiger partial charge in [0.2, 0.25) is 10.0 Å². The fourth-order valence-electron chi connectivity index (χ4n) is 3.15. The van der Waals surface area contributed by atoms with Gasteiger partial charge in [0.05, 0.1) is 4.91 Å². The largest absolute Gasteiger partial charge is 0.315 e. The Balaban J connectivity index is 2.05. The molecule has 2 aliphatic rings. The van der Waals surface area contributed by atoms with Crippen molar-refractivity contribution in [3.8, 4) is 0 Å². The van der Waals surface area contributed by atoms with Crippen molar-refractivity contribution < 1.29 is 13.3 Å². The molecular formula is C16H20N4O4S2. The predicted molar refractivity (Wildman–Crippen MR) is 101 cm³/mol. The topological polar surface area (TPSA) is 127 Å². The van der Waals surface area contributed by atoms with Gasteiger partial charge in [-0.25, -0.2) is 18.9 Å². The van der Waals surface area contributed by atoms with Gasteiger partial charge in [0, 0.05) is 28.5 Å². The Hall–Kier alpha value is -1.72. The number of sulfonamides is 1. The average Bonchev–Trinajstić information content (AvgIpc) is 3.09. The molecule has 1 fully saturated rings. The Labute approximate surface area is 156 Å². The average molecular weight is 396 g/mol. The molecule has 1 aromatic carbocycles. The molecule has 1 saturated heterocycles. The molecule has 3 atom stereocenters. The van der Waals surface area contributed by atoms with E-state index in [9.17, 15) is 18.5 Å². The monoisotopic (exact) mass is 396 g/mol. The molecule has 0 bridgehead atoms. The van der Waals surface area contributed by atoms with Crippen molar-refractivity contribution in [2.45, 2.75) is 28.3 Å². The van der Waals surface area contributed by atoms with Gasteiger partial charge in [0.25, 0.3) is 0 Å². The lowest BCUT2D eigenvalue weighted by molar-refractivity contribution is -0.561. The molecule has 8 nitrogen and oxygen atoms in total. The molecule has 0 radical (unpaired) electrons. The fraction of sp³-hybridized carbons (Fsp3) is 0.375. The number of nitrogens with one attached hydrogen (secondary N) is 2. The Morgan fingerprint density at radius 2 is 2.08 bits per heavy atom. The van der Waals surface area contributed by atoms with Crippen LogP contribution < -0.4 is 15.8 Å². The third kappa shape index (κ3) is 3.84. The van der Waals surface area contributed by atoms with Crippen LogP contribution in [0.5, 0.6) is 0 Å². The van der Waals surface area contributed by atoms with Gasteiger partial charge in [-0.2, -0.15) is 0 Å². The van der Waals surface area contributed by atoms with Crippen LogP contribution >= 0.6 is 11.8 Å². The van der Waals surface area contributed by atoms with Gasteiger partial charge < -0.3 is 5.32 Å². The zero-order chi connectivity index (χ0) is 18.8. The maximum absolute atomic E-state index is 12.1. The number of hydrogen-bond acceptors (Lipinski definition) is 7. The molecule has 0 amide bonds. The third-order valence-corrected chi connectivity index (χ3v) is 6.96. The highest BCUT2D eigenvalue weighted by Gasteiger charge is 2.55. The highest BCUT2D eigenvalue weighted by atomic mass is 32.2. The van der Waals surface area contributed by atoms with E-state index in [0.717, 1.165) is 29.6 Å². The summed E-state index contributed by atoms with van der Waals surface area (Å²) in [4.78, 5) is 12.2. The smallest absolute Gasteiger partial charge is 0.311 e. The third-order valence-electron chi connectivity index (χ3n) is 4.39. The van der Waals surface area contributed by atoms with Crippen LogP contribution in [0.15, 0.2) is 58.4 Å². The zero-order valence-corrected chi connectivity index (χ0v) is 15.5. The molecule has 26 heavy (non-hydrogen) atoms. The van der Waals surface area contributed by atoms with Crippen molar-refractivity contribution in [2.24, 2.45) is 5.14 Å². The van der Waals surface area contributed by atoms with E-state index in [4.69, 9.17) is 5.14 Å². The summed E-state index contributed by atoms with van der Waals surface area (Å²) in [5.74, 6) is 0. The summed E-state index contributed by atoms with van der Waals surface area (Å²) in [5.41, 5.74) is -1.77. The van der Waals surface area contributed by atoms with E-state index < -0.39 is 25.9 Å². The lowest BCUT2D eigenvalue weighted by Crippen LogP contribution is -2.63. The molecule has 1 aromatic rings. The number of allylic oxidation sites excluding steroid dienone is 2. The second-order valence-corrected chi connectivity index (χ2v) is 8.94. The Kier molecular flexibility index (Phi) is 5.49. The summed E-state index contributed by atoms with van der Waals surface area (Å²) in [5, 5.41) is 22.7. The first-order valence-corrected chi connectivity index (χ1v) is 10.5. The first kappa shape index (κ1) is 19.1. The number of nitrogens with two attached hydrogens (primary N) is 1. The summed E-state index contributed by atoms with van der Waals surface area (Å²) >= 11 is 1.11. The Morgan fingerprint density at radius 3 is 2.65 bits per heavy atom. The summed E-state index contributed by atoms with van der Waals surface area (Å²) in [6.07, 6.45) is 4.87. The molecule has 140 valence electrons. The SMILES string of the molecule is NS(=O)(=O)C1=CC=CC(NC2CCNC2)([N+](=O)[O-])C1Sc1ccccc1. The van der Waals surface area contributed by atoms with Gasteiger partial charge in [0.15, 0.2) is 0 Å². The summed E-state index contributed by atoms with van der Waals surface area (Å²) < 4.78 is 24.3. The van der Waals surface area contributed by atoms with Gasteiger partial charge in [0.1, 0.15) is 5.25 Å². The maximum atomic E-state index is 12.1. The lowest BCUT2D eigenvalue weighted by atomic mass is 9.99. The Bertz CT molecular complexity index is 835. The van der Waals surface area contributed by atoms with Gasteiger partial charge in [-0.05, 0) is 31.2 Å². The van der Waals surface area contributed by atoms with Crippen LogP contribution in [-0.2, 0) is 10.0 Å². The van der Waals surface area contributed by atoms with Crippen molar-refractivity contribution >= 4 is 21.8 Å². The molecule has 3 rings (SSSR count). The number of rotatable bonds is 6. The number of thioether (sulfide) groups is 1. The Morgan fingerprint density at radius 1 is 1.35 bits per heavy atom. The molecule has 1 heterocycles. The van der Waals surface area contributed by atoms with E-state index in [-0.39, 0.29) is 10.9 Å². The standard InChI is InChI=1S/C16H20N4O4S2/c17-26(23,24)14-7-4-9-16(20(21)22,19-12-8-10-18-11-12)15(14)25-13-5-2-1-3-6-13/h1-7,9,12,15,18-19H,8,10-11H2,(H2,17,23,24). The summed E-state index contributed by atoms with van der Waals surface area (Å²) in [6.45, 7) is 1.34. The van der Waals surface area contributed by atoms with Crippen LogP contribution in [0.1, 0.15) is 6.42 Å². The minimum absolute atomic E-state index is 0.135. The van der Waals surface area contributed by atoms with Crippen molar-refractivity contribution in [3.05, 3.63) is 63.6 Å². The van der Waals surface area contributed by atoms with E-state index >= 15 is 0 Å². The maximum Gasteiger partial charge on any atom is 0.311 e. The van der Waals surface area contributed by atoms with E-state index in [1.165, 1.54) is 18.2 Å². The minimum atomic E-state index is -4.10. The summed E-state index contributed by atoms with van der Waals surface area (Å²) in [6, 6.07) is 8.85. The fourth-order valence-corrected chi connectivity index (χ4v) is 5.63. The van der Waals surface area contributed by atoms with Crippen LogP contribution in [0.3, 0.4) is 0 Å². The van der Waals surface area contributed by atoms with Gasteiger partial charge >= 0.3 is 5.66 Å². The number of benzene rings is 1. The highest BCUT2D eigenvalue weighted by molar-refractivity contribution is 8.02. The van der Waals surface area contributed by atoms with Crippen LogP contribution in [0, 0.1) is 10.1 Å². The van der Waals surface area contributed by atoms with Crippen molar-refractivity contribution in [1.29, 1.82) is 0 Å². The normalized spacial score (nSPS) is 28.7. The molecule has 1 aliphatic carbocycles. The van der Waals surface area contributed by atoms with E-state index in [1.807, 2.05) is 6.07 Å². The van der Waals surface area contributed by atoms with E-state index in [2.05, 4.69) is 10.6 Å². The quantitative estimate of drug-likeness (QED) is 0.369. The second kappa shape index (κ2) is 7.49. The lowest BCUT2D eigenvalue weighted by Gasteiger charge is -2.35. The van der Waals surface area contributed by atoms with Crippen molar-refractivity contribution in [2.75, 3.05) is 13.1 Å². The first-order chi connectivity index (χ1) is 12.3. The molecule has 3 unspecified atom stereocenters. The van der Waals surface area contributed by atoms with Crippen LogP contribution in [0.2, 0.25) is 0 Å². The minimum Gasteiger partial charge on any atom is -0.315 e. The molecule has 0 saturated carbocycles. The molecule has 0 spiro atoms. The number of nitrogens with zero attached hydrogens (tertiary/aromatic N) is 1. The van der Waals surface area contributed by atoms with Gasteiger partial charge in [-0.3, -0.25) is 10.1 Å². The first-order valence-electron chi connectivity index (χ1n) is 8.10. The highest BCUT2D eigenvalue weighted by Crippen LogP contribution is 2.40.